The van der Waals surface area contributed by atoms with Crippen LogP contribution in [0.15, 0.2) is 71.3 Å². The summed E-state index contributed by atoms with van der Waals surface area (Å²) in [5, 5.41) is 0. The highest BCUT2D eigenvalue weighted by Crippen LogP contribution is 2.26. The van der Waals surface area contributed by atoms with Crippen molar-refractivity contribution in [3.63, 3.8) is 0 Å². The summed E-state index contributed by atoms with van der Waals surface area (Å²) in [5.74, 6) is 1.85. The number of amides is 1. The quantitative estimate of drug-likeness (QED) is 0.569. The number of likely N-dealkylation sites (tertiary alicyclic amines) is 1. The lowest BCUT2D eigenvalue weighted by molar-refractivity contribution is 0.0635. The van der Waals surface area contributed by atoms with Crippen LogP contribution in [0.25, 0.3) is 0 Å². The number of aryl methyl sites for hydroxylation is 1. The standard InChI is InChI=1S/C24H23NO4/c1-17-22(13-15-28-17)24(27)25-14-5-6-19(16-25)23(26)18-9-11-21(12-10-18)29-20-7-3-2-4-8-20/h2-4,7-13,15,19H,5-6,14,16H2,1H3/t19-/m0/s1. The fourth-order valence-corrected chi connectivity index (χ4v) is 3.70. The number of piperidine rings is 1. The summed E-state index contributed by atoms with van der Waals surface area (Å²) in [6.07, 6.45) is 3.12. The number of hydrogen-bond donors (Lipinski definition) is 0. The van der Waals surface area contributed by atoms with Gasteiger partial charge >= 0.3 is 0 Å². The van der Waals surface area contributed by atoms with Crippen molar-refractivity contribution >= 4 is 11.7 Å². The minimum absolute atomic E-state index is 0.0673. The van der Waals surface area contributed by atoms with Crippen LogP contribution in [0, 0.1) is 12.8 Å². The molecule has 5 nitrogen and oxygen atoms in total. The molecular formula is C24H23NO4. The van der Waals surface area contributed by atoms with Crippen molar-refractivity contribution in [1.82, 2.24) is 4.90 Å². The van der Waals surface area contributed by atoms with Gasteiger partial charge in [-0.3, -0.25) is 9.59 Å². The van der Waals surface area contributed by atoms with Gasteiger partial charge in [-0.25, -0.2) is 0 Å². The molecule has 0 saturated carbocycles. The number of carbonyl (C=O) groups is 2. The molecule has 0 N–H and O–H groups in total. The average Bonchev–Trinajstić information content (AvgIpc) is 3.20. The molecule has 0 radical (unpaired) electrons. The first-order valence-electron chi connectivity index (χ1n) is 9.82. The summed E-state index contributed by atoms with van der Waals surface area (Å²) < 4.78 is 11.0. The molecular weight excluding hydrogens is 366 g/mol. The first-order chi connectivity index (χ1) is 14.1. The van der Waals surface area contributed by atoms with Crippen LogP contribution in [0.4, 0.5) is 0 Å². The maximum Gasteiger partial charge on any atom is 0.257 e. The zero-order valence-electron chi connectivity index (χ0n) is 16.3. The predicted octanol–water partition coefficient (Wildman–Crippen LogP) is 5.12. The number of nitrogens with zero attached hydrogens (tertiary/aromatic N) is 1. The third-order valence-corrected chi connectivity index (χ3v) is 5.29. The van der Waals surface area contributed by atoms with E-state index in [0.29, 0.717) is 35.7 Å². The first kappa shape index (κ1) is 19.0. The van der Waals surface area contributed by atoms with Gasteiger partial charge in [-0.1, -0.05) is 18.2 Å². The minimum atomic E-state index is -0.194. The van der Waals surface area contributed by atoms with Gasteiger partial charge in [-0.2, -0.15) is 0 Å². The van der Waals surface area contributed by atoms with Gasteiger partial charge in [0.2, 0.25) is 0 Å². The average molecular weight is 389 g/mol. The van der Waals surface area contributed by atoms with Crippen molar-refractivity contribution in [1.29, 1.82) is 0 Å². The van der Waals surface area contributed by atoms with E-state index in [1.165, 1.54) is 6.26 Å². The molecule has 2 heterocycles. The van der Waals surface area contributed by atoms with Crippen LogP contribution in [0.5, 0.6) is 11.5 Å². The number of hydrogen-bond acceptors (Lipinski definition) is 4. The van der Waals surface area contributed by atoms with Gasteiger partial charge in [0, 0.05) is 24.6 Å². The summed E-state index contributed by atoms with van der Waals surface area (Å²) in [6, 6.07) is 18.4. The minimum Gasteiger partial charge on any atom is -0.469 e. The van der Waals surface area contributed by atoms with Gasteiger partial charge in [0.25, 0.3) is 5.91 Å². The van der Waals surface area contributed by atoms with Crippen molar-refractivity contribution in [2.24, 2.45) is 5.92 Å². The van der Waals surface area contributed by atoms with E-state index in [2.05, 4.69) is 0 Å². The molecule has 29 heavy (non-hydrogen) atoms. The van der Waals surface area contributed by atoms with Gasteiger partial charge in [-0.15, -0.1) is 0 Å². The maximum atomic E-state index is 13.0. The molecule has 1 amide bonds. The Morgan fingerprint density at radius 2 is 1.72 bits per heavy atom. The van der Waals surface area contributed by atoms with Crippen molar-refractivity contribution in [2.45, 2.75) is 19.8 Å². The highest BCUT2D eigenvalue weighted by atomic mass is 16.5. The Hall–Kier alpha value is -3.34. The molecule has 0 spiro atoms. The Labute approximate surface area is 169 Å². The molecule has 1 aliphatic rings. The molecule has 3 aromatic rings. The predicted molar refractivity (Wildman–Crippen MR) is 109 cm³/mol. The van der Waals surface area contributed by atoms with Gasteiger partial charge < -0.3 is 14.1 Å². The molecule has 0 aliphatic carbocycles. The zero-order valence-corrected chi connectivity index (χ0v) is 16.3. The number of benzene rings is 2. The smallest absolute Gasteiger partial charge is 0.257 e. The highest BCUT2D eigenvalue weighted by molar-refractivity contribution is 5.99. The first-order valence-corrected chi connectivity index (χ1v) is 9.82. The van der Waals surface area contributed by atoms with Crippen molar-refractivity contribution < 1.29 is 18.7 Å². The molecule has 4 rings (SSSR count). The number of ether oxygens (including phenoxy) is 1. The molecule has 5 heteroatoms. The van der Waals surface area contributed by atoms with E-state index < -0.39 is 0 Å². The molecule has 1 fully saturated rings. The summed E-state index contributed by atoms with van der Waals surface area (Å²) in [7, 11) is 0. The largest absolute Gasteiger partial charge is 0.469 e. The Morgan fingerprint density at radius 3 is 2.41 bits per heavy atom. The van der Waals surface area contributed by atoms with E-state index in [-0.39, 0.29) is 17.6 Å². The Morgan fingerprint density at radius 1 is 1.00 bits per heavy atom. The summed E-state index contributed by atoms with van der Waals surface area (Å²) in [5.41, 5.74) is 1.21. The number of Topliss-reactive ketones (excluding diaryl/α,β-unsaturated/α-hetero) is 1. The van der Waals surface area contributed by atoms with Gasteiger partial charge in [0.15, 0.2) is 5.78 Å². The van der Waals surface area contributed by atoms with E-state index in [1.54, 1.807) is 42.2 Å². The summed E-state index contributed by atoms with van der Waals surface area (Å²) in [4.78, 5) is 27.5. The lowest BCUT2D eigenvalue weighted by Crippen LogP contribution is -2.42. The van der Waals surface area contributed by atoms with Crippen LogP contribution in [0.2, 0.25) is 0 Å². The third-order valence-electron chi connectivity index (χ3n) is 5.29. The number of carbonyl (C=O) groups excluding carboxylic acids is 2. The Balaban J connectivity index is 1.42. The molecule has 1 atom stereocenters. The second-order valence-corrected chi connectivity index (χ2v) is 7.28. The molecule has 1 aromatic heterocycles. The van der Waals surface area contributed by atoms with Crippen molar-refractivity contribution in [3.8, 4) is 11.5 Å². The lowest BCUT2D eigenvalue weighted by atomic mass is 9.89. The van der Waals surface area contributed by atoms with E-state index >= 15 is 0 Å². The lowest BCUT2D eigenvalue weighted by Gasteiger charge is -2.32. The van der Waals surface area contributed by atoms with E-state index in [4.69, 9.17) is 9.15 Å². The number of para-hydroxylation sites is 1. The van der Waals surface area contributed by atoms with Crippen LogP contribution in [0.3, 0.4) is 0 Å². The van der Waals surface area contributed by atoms with Gasteiger partial charge in [0.1, 0.15) is 17.3 Å². The third kappa shape index (κ3) is 4.24. The molecule has 0 unspecified atom stereocenters. The maximum absolute atomic E-state index is 13.0. The van der Waals surface area contributed by atoms with E-state index in [9.17, 15) is 9.59 Å². The number of furan rings is 1. The van der Waals surface area contributed by atoms with Crippen LogP contribution in [-0.4, -0.2) is 29.7 Å². The topological polar surface area (TPSA) is 59.8 Å². The Bertz CT molecular complexity index is 991. The van der Waals surface area contributed by atoms with Crippen LogP contribution in [-0.2, 0) is 0 Å². The van der Waals surface area contributed by atoms with Crippen molar-refractivity contribution in [2.75, 3.05) is 13.1 Å². The molecule has 2 aromatic carbocycles. The highest BCUT2D eigenvalue weighted by Gasteiger charge is 2.30. The van der Waals surface area contributed by atoms with E-state index in [1.807, 2.05) is 30.3 Å². The number of rotatable bonds is 5. The van der Waals surface area contributed by atoms with Gasteiger partial charge in [0.05, 0.1) is 11.8 Å². The normalized spacial score (nSPS) is 16.4. The zero-order chi connectivity index (χ0) is 20.2. The van der Waals surface area contributed by atoms with E-state index in [0.717, 1.165) is 18.6 Å². The summed E-state index contributed by atoms with van der Waals surface area (Å²) in [6.45, 7) is 2.88. The second kappa shape index (κ2) is 8.35. The fraction of sp³-hybridized carbons (Fsp3) is 0.250. The van der Waals surface area contributed by atoms with Crippen LogP contribution in [0.1, 0.15) is 39.3 Å². The monoisotopic (exact) mass is 389 g/mol. The van der Waals surface area contributed by atoms with Gasteiger partial charge in [-0.05, 0) is 62.2 Å². The van der Waals surface area contributed by atoms with Crippen LogP contribution >= 0.6 is 0 Å². The molecule has 148 valence electrons. The molecule has 1 aliphatic heterocycles. The molecule has 1 saturated heterocycles. The summed E-state index contributed by atoms with van der Waals surface area (Å²) >= 11 is 0. The fourth-order valence-electron chi connectivity index (χ4n) is 3.70. The Kier molecular flexibility index (Phi) is 5.47. The SMILES string of the molecule is Cc1occc1C(=O)N1CCC[C@H](C(=O)c2ccc(Oc3ccccc3)cc2)C1. The van der Waals surface area contributed by atoms with Crippen LogP contribution < -0.4 is 4.74 Å². The van der Waals surface area contributed by atoms with Crippen molar-refractivity contribution in [3.05, 3.63) is 83.8 Å². The second-order valence-electron chi connectivity index (χ2n) is 7.28. The number of ketones is 1. The molecule has 0 bridgehead atoms.